The second-order valence-corrected chi connectivity index (χ2v) is 5.50. The average Bonchev–Trinajstić information content (AvgIpc) is 2.45. The molecule has 0 saturated carbocycles. The van der Waals surface area contributed by atoms with Crippen molar-refractivity contribution in [1.29, 1.82) is 0 Å². The Hall–Kier alpha value is -1.82. The monoisotopic (exact) mass is 352 g/mol. The van der Waals surface area contributed by atoms with Crippen molar-refractivity contribution in [2.45, 2.75) is 26.8 Å². The first kappa shape index (κ1) is 15.6. The minimum Gasteiger partial charge on any atom is -0.295 e. The van der Waals surface area contributed by atoms with Crippen LogP contribution in [-0.4, -0.2) is 15.3 Å². The molecule has 4 nitrogen and oxygen atoms in total. The summed E-state index contributed by atoms with van der Waals surface area (Å²) in [5, 5.41) is 0. The number of benzene rings is 1. The summed E-state index contributed by atoms with van der Waals surface area (Å²) in [5.74, 6) is -0.525. The van der Waals surface area contributed by atoms with Crippen molar-refractivity contribution in [2.75, 3.05) is 0 Å². The second-order valence-electron chi connectivity index (χ2n) is 4.71. The van der Waals surface area contributed by atoms with Crippen LogP contribution in [0.15, 0.2) is 33.5 Å². The largest absolute Gasteiger partial charge is 0.348 e. The molecule has 0 amide bonds. The van der Waals surface area contributed by atoms with Gasteiger partial charge >= 0.3 is 5.69 Å². The number of ketones is 1. The van der Waals surface area contributed by atoms with Gasteiger partial charge in [-0.3, -0.25) is 9.36 Å². The average molecular weight is 353 g/mol. The van der Waals surface area contributed by atoms with E-state index in [0.29, 0.717) is 11.3 Å². The van der Waals surface area contributed by atoms with E-state index >= 15 is 0 Å². The zero-order valence-corrected chi connectivity index (χ0v) is 13.3. The predicted octanol–water partition coefficient (Wildman–Crippen LogP) is 3.03. The minimum atomic E-state index is -0.384. The lowest BCUT2D eigenvalue weighted by Crippen LogP contribution is -2.27. The van der Waals surface area contributed by atoms with Crippen molar-refractivity contribution >= 4 is 21.7 Å². The molecular formula is C15H14BrFN2O2. The maximum absolute atomic E-state index is 12.8. The van der Waals surface area contributed by atoms with Gasteiger partial charge < -0.3 is 0 Å². The quantitative estimate of drug-likeness (QED) is 0.794. The van der Waals surface area contributed by atoms with E-state index in [9.17, 15) is 14.0 Å². The molecule has 0 radical (unpaired) electrons. The predicted molar refractivity (Wildman–Crippen MR) is 81.0 cm³/mol. The Labute approximate surface area is 129 Å². The fourth-order valence-corrected chi connectivity index (χ4v) is 2.34. The molecule has 0 aliphatic rings. The molecule has 0 spiro atoms. The van der Waals surface area contributed by atoms with Gasteiger partial charge in [-0.15, -0.1) is 0 Å². The molecule has 2 aromatic rings. The fourth-order valence-electron chi connectivity index (χ4n) is 2.03. The molecule has 1 heterocycles. The Morgan fingerprint density at radius 1 is 1.29 bits per heavy atom. The standard InChI is InChI=1S/C15H14BrFN2O2/c1-9-14(16)10(2)19(15(21)18-9)8-7-13(20)11-3-5-12(17)6-4-11/h3-6H,7-8H2,1-2H3. The molecule has 6 heteroatoms. The van der Waals surface area contributed by atoms with Crippen LogP contribution in [0.4, 0.5) is 4.39 Å². The molecule has 0 saturated heterocycles. The Kier molecular flexibility index (Phi) is 4.67. The number of rotatable bonds is 4. The van der Waals surface area contributed by atoms with E-state index < -0.39 is 0 Å². The number of aryl methyl sites for hydroxylation is 1. The lowest BCUT2D eigenvalue weighted by molar-refractivity contribution is 0.0976. The molecule has 0 unspecified atom stereocenters. The van der Waals surface area contributed by atoms with Gasteiger partial charge in [-0.05, 0) is 54.0 Å². The lowest BCUT2D eigenvalue weighted by atomic mass is 10.1. The van der Waals surface area contributed by atoms with Crippen LogP contribution in [0.3, 0.4) is 0 Å². The summed E-state index contributed by atoms with van der Waals surface area (Å²) in [7, 11) is 0. The molecule has 0 fully saturated rings. The molecule has 0 atom stereocenters. The van der Waals surface area contributed by atoms with E-state index in [1.165, 1.54) is 28.8 Å². The van der Waals surface area contributed by atoms with Gasteiger partial charge in [0.05, 0.1) is 10.2 Å². The molecule has 1 aromatic carbocycles. The highest BCUT2D eigenvalue weighted by molar-refractivity contribution is 9.10. The van der Waals surface area contributed by atoms with Crippen molar-refractivity contribution in [3.8, 4) is 0 Å². The lowest BCUT2D eigenvalue weighted by Gasteiger charge is -2.11. The van der Waals surface area contributed by atoms with Crippen LogP contribution in [0.25, 0.3) is 0 Å². The summed E-state index contributed by atoms with van der Waals surface area (Å²) in [4.78, 5) is 27.8. The SMILES string of the molecule is Cc1nc(=O)n(CCC(=O)c2ccc(F)cc2)c(C)c1Br. The number of carbonyl (C=O) groups is 1. The number of Topliss-reactive ketones (excluding diaryl/α,β-unsaturated/α-hetero) is 1. The van der Waals surface area contributed by atoms with E-state index in [1.54, 1.807) is 13.8 Å². The molecule has 0 aliphatic heterocycles. The highest BCUT2D eigenvalue weighted by Gasteiger charge is 2.12. The number of aromatic nitrogens is 2. The van der Waals surface area contributed by atoms with Crippen LogP contribution in [0.1, 0.15) is 28.2 Å². The zero-order valence-electron chi connectivity index (χ0n) is 11.7. The molecule has 0 aliphatic carbocycles. The zero-order chi connectivity index (χ0) is 15.6. The molecule has 0 bridgehead atoms. The molecule has 1 aromatic heterocycles. The summed E-state index contributed by atoms with van der Waals surface area (Å²) >= 11 is 3.38. The third kappa shape index (κ3) is 3.44. The number of hydrogen-bond acceptors (Lipinski definition) is 3. The maximum Gasteiger partial charge on any atom is 0.348 e. The van der Waals surface area contributed by atoms with Gasteiger partial charge in [-0.25, -0.2) is 9.18 Å². The van der Waals surface area contributed by atoms with Gasteiger partial charge in [-0.1, -0.05) is 0 Å². The molecule has 21 heavy (non-hydrogen) atoms. The minimum absolute atomic E-state index is 0.141. The third-order valence-corrected chi connectivity index (χ3v) is 4.41. The van der Waals surface area contributed by atoms with E-state index in [-0.39, 0.29) is 30.3 Å². The van der Waals surface area contributed by atoms with Crippen molar-refractivity contribution in [1.82, 2.24) is 9.55 Å². The molecule has 2 rings (SSSR count). The third-order valence-electron chi connectivity index (χ3n) is 3.26. The summed E-state index contributed by atoms with van der Waals surface area (Å²) in [6.45, 7) is 3.78. The van der Waals surface area contributed by atoms with Gasteiger partial charge in [0.1, 0.15) is 5.82 Å². The van der Waals surface area contributed by atoms with Gasteiger partial charge in [0.15, 0.2) is 5.78 Å². The van der Waals surface area contributed by atoms with Crippen LogP contribution in [0.5, 0.6) is 0 Å². The van der Waals surface area contributed by atoms with Gasteiger partial charge in [0, 0.05) is 24.2 Å². The topological polar surface area (TPSA) is 52.0 Å². The smallest absolute Gasteiger partial charge is 0.295 e. The Morgan fingerprint density at radius 3 is 2.52 bits per heavy atom. The summed E-state index contributed by atoms with van der Waals surface area (Å²) in [6, 6.07) is 5.37. The Morgan fingerprint density at radius 2 is 1.90 bits per heavy atom. The van der Waals surface area contributed by atoms with Crippen molar-refractivity contribution in [2.24, 2.45) is 0 Å². The second kappa shape index (κ2) is 6.30. The van der Waals surface area contributed by atoms with Crippen LogP contribution >= 0.6 is 15.9 Å². The van der Waals surface area contributed by atoms with E-state index in [2.05, 4.69) is 20.9 Å². The summed E-state index contributed by atoms with van der Waals surface area (Å²) in [6.07, 6.45) is 0.156. The van der Waals surface area contributed by atoms with Crippen LogP contribution in [0, 0.1) is 19.7 Å². The van der Waals surface area contributed by atoms with E-state index in [1.807, 2.05) is 0 Å². The molecule has 0 N–H and O–H groups in total. The fraction of sp³-hybridized carbons (Fsp3) is 0.267. The first-order valence-corrected chi connectivity index (χ1v) is 7.21. The van der Waals surface area contributed by atoms with Gasteiger partial charge in [0.25, 0.3) is 0 Å². The van der Waals surface area contributed by atoms with Gasteiger partial charge in [0.2, 0.25) is 0 Å². The summed E-state index contributed by atoms with van der Waals surface area (Å²) in [5.41, 5.74) is 1.42. The first-order valence-electron chi connectivity index (χ1n) is 6.42. The number of hydrogen-bond donors (Lipinski definition) is 0. The Bertz CT molecular complexity index is 739. The normalized spacial score (nSPS) is 10.7. The number of carbonyl (C=O) groups excluding carboxylic acids is 1. The molecule has 110 valence electrons. The van der Waals surface area contributed by atoms with E-state index in [4.69, 9.17) is 0 Å². The van der Waals surface area contributed by atoms with Crippen LogP contribution < -0.4 is 5.69 Å². The van der Waals surface area contributed by atoms with Crippen molar-refractivity contribution in [3.05, 3.63) is 62.0 Å². The van der Waals surface area contributed by atoms with E-state index in [0.717, 1.165) is 10.2 Å². The number of nitrogens with zero attached hydrogens (tertiary/aromatic N) is 2. The first-order chi connectivity index (χ1) is 9.90. The van der Waals surface area contributed by atoms with Crippen molar-refractivity contribution in [3.63, 3.8) is 0 Å². The highest BCUT2D eigenvalue weighted by Crippen LogP contribution is 2.17. The molecular weight excluding hydrogens is 339 g/mol. The van der Waals surface area contributed by atoms with Crippen LogP contribution in [-0.2, 0) is 6.54 Å². The number of halogens is 2. The van der Waals surface area contributed by atoms with Gasteiger partial charge in [-0.2, -0.15) is 4.98 Å². The van der Waals surface area contributed by atoms with Crippen LogP contribution in [0.2, 0.25) is 0 Å². The highest BCUT2D eigenvalue weighted by atomic mass is 79.9. The van der Waals surface area contributed by atoms with Crippen molar-refractivity contribution < 1.29 is 9.18 Å². The maximum atomic E-state index is 12.8. The summed E-state index contributed by atoms with van der Waals surface area (Å²) < 4.78 is 15.0. The Balaban J connectivity index is 2.17.